The second kappa shape index (κ2) is 6.66. The molecule has 1 aromatic rings. The molecule has 4 fully saturated rings. The molecule has 2 bridgehead atoms. The van der Waals surface area contributed by atoms with Crippen LogP contribution in [0.1, 0.15) is 83.5 Å². The molecule has 1 aromatic carbocycles. The molecule has 0 spiro atoms. The third kappa shape index (κ3) is 3.32. The summed E-state index contributed by atoms with van der Waals surface area (Å²) in [5, 5.41) is 22.7. The molecular formula is C25H30N2O8. The topological polar surface area (TPSA) is 142 Å². The normalized spacial score (nSPS) is 38.0. The Balaban J connectivity index is 1.61. The van der Waals surface area contributed by atoms with E-state index >= 15 is 0 Å². The molecule has 0 radical (unpaired) electrons. The van der Waals surface area contributed by atoms with Gasteiger partial charge in [-0.05, 0) is 48.3 Å². The predicted molar refractivity (Wildman–Crippen MR) is 123 cm³/mol. The van der Waals surface area contributed by atoms with E-state index in [1.54, 1.807) is 0 Å². The molecule has 4 atom stereocenters. The van der Waals surface area contributed by atoms with Gasteiger partial charge < -0.3 is 9.47 Å². The van der Waals surface area contributed by atoms with Crippen LogP contribution in [0.3, 0.4) is 0 Å². The molecule has 0 aromatic heterocycles. The van der Waals surface area contributed by atoms with E-state index in [2.05, 4.69) is 20.8 Å². The summed E-state index contributed by atoms with van der Waals surface area (Å²) in [7, 11) is 0. The lowest BCUT2D eigenvalue weighted by Gasteiger charge is -2.59. The molecule has 1 aliphatic heterocycles. The minimum atomic E-state index is -1.26. The number of nitrogens with zero attached hydrogens (tertiary/aromatic N) is 2. The van der Waals surface area contributed by atoms with Crippen LogP contribution in [0.25, 0.3) is 0 Å². The van der Waals surface area contributed by atoms with Crippen LogP contribution in [0.2, 0.25) is 0 Å². The summed E-state index contributed by atoms with van der Waals surface area (Å²) in [5.74, 6) is -0.999. The summed E-state index contributed by atoms with van der Waals surface area (Å²) >= 11 is 0. The zero-order valence-corrected chi connectivity index (χ0v) is 20.6. The maximum atomic E-state index is 13.7. The molecule has 1 saturated heterocycles. The monoisotopic (exact) mass is 486 g/mol. The number of ether oxygens (including phenoxy) is 2. The number of carbonyl (C=O) groups excluding carboxylic acids is 2. The summed E-state index contributed by atoms with van der Waals surface area (Å²) in [6, 6.07) is 2.76. The molecular weight excluding hydrogens is 456 g/mol. The Morgan fingerprint density at radius 2 is 1.49 bits per heavy atom. The number of nitro benzene ring substituents is 2. The lowest BCUT2D eigenvalue weighted by atomic mass is 9.44. The van der Waals surface area contributed by atoms with Gasteiger partial charge in [0, 0.05) is 18.6 Å². The lowest BCUT2D eigenvalue weighted by molar-refractivity contribution is -0.394. The van der Waals surface area contributed by atoms with Crippen LogP contribution < -0.4 is 0 Å². The van der Waals surface area contributed by atoms with Crippen LogP contribution in [0.5, 0.6) is 0 Å². The number of hydrogen-bond acceptors (Lipinski definition) is 8. The van der Waals surface area contributed by atoms with Gasteiger partial charge in [0.1, 0.15) is 5.60 Å². The van der Waals surface area contributed by atoms with Crippen molar-refractivity contribution in [1.82, 2.24) is 0 Å². The molecule has 3 saturated carbocycles. The highest BCUT2D eigenvalue weighted by Crippen LogP contribution is 2.77. The summed E-state index contributed by atoms with van der Waals surface area (Å²) < 4.78 is 12.7. The number of carbonyl (C=O) groups is 2. The van der Waals surface area contributed by atoms with Crippen molar-refractivity contribution in [3.8, 4) is 0 Å². The van der Waals surface area contributed by atoms with Gasteiger partial charge in [-0.25, -0.2) is 4.79 Å². The van der Waals surface area contributed by atoms with E-state index in [4.69, 9.17) is 9.47 Å². The van der Waals surface area contributed by atoms with E-state index in [9.17, 15) is 29.8 Å². The molecule has 5 rings (SSSR count). The van der Waals surface area contributed by atoms with Crippen molar-refractivity contribution in [2.75, 3.05) is 0 Å². The number of hydrogen-bond donors (Lipinski definition) is 0. The molecule has 10 heteroatoms. The first-order valence-electron chi connectivity index (χ1n) is 11.9. The average molecular weight is 487 g/mol. The maximum Gasteiger partial charge on any atom is 0.339 e. The van der Waals surface area contributed by atoms with Crippen molar-refractivity contribution in [3.63, 3.8) is 0 Å². The number of non-ortho nitro benzene ring substituents is 2. The van der Waals surface area contributed by atoms with Crippen molar-refractivity contribution < 1.29 is 28.9 Å². The molecule has 0 unspecified atom stereocenters. The first-order valence-corrected chi connectivity index (χ1v) is 11.9. The highest BCUT2D eigenvalue weighted by Gasteiger charge is 2.90. The van der Waals surface area contributed by atoms with E-state index in [1.165, 1.54) is 0 Å². The van der Waals surface area contributed by atoms with Crippen LogP contribution in [0.15, 0.2) is 18.2 Å². The molecule has 10 nitrogen and oxygen atoms in total. The van der Waals surface area contributed by atoms with Gasteiger partial charge in [-0.2, -0.15) is 0 Å². The Bertz CT molecular complexity index is 1170. The number of ketones is 1. The van der Waals surface area contributed by atoms with Gasteiger partial charge in [-0.1, -0.05) is 34.6 Å². The van der Waals surface area contributed by atoms with Gasteiger partial charge in [0.05, 0.1) is 21.5 Å². The van der Waals surface area contributed by atoms with Gasteiger partial charge in [0.25, 0.3) is 11.4 Å². The molecule has 188 valence electrons. The fourth-order valence-electron chi connectivity index (χ4n) is 8.29. The van der Waals surface area contributed by atoms with E-state index in [-0.39, 0.29) is 27.6 Å². The summed E-state index contributed by atoms with van der Waals surface area (Å²) in [6.45, 7) is 10.4. The van der Waals surface area contributed by atoms with Gasteiger partial charge in [-0.3, -0.25) is 25.0 Å². The largest absolute Gasteiger partial charge is 0.452 e. The Labute approximate surface area is 202 Å². The average Bonchev–Trinajstić information content (AvgIpc) is 3.34. The van der Waals surface area contributed by atoms with Gasteiger partial charge in [-0.15, -0.1) is 0 Å². The Morgan fingerprint density at radius 1 is 0.886 bits per heavy atom. The zero-order valence-electron chi connectivity index (χ0n) is 20.6. The van der Waals surface area contributed by atoms with Crippen LogP contribution >= 0.6 is 0 Å². The van der Waals surface area contributed by atoms with Gasteiger partial charge in [0.2, 0.25) is 0 Å². The summed E-state index contributed by atoms with van der Waals surface area (Å²) in [4.78, 5) is 48.4. The molecule has 3 aliphatic carbocycles. The summed E-state index contributed by atoms with van der Waals surface area (Å²) in [6.07, 6.45) is 3.36. The predicted octanol–water partition coefficient (Wildman–Crippen LogP) is 4.92. The summed E-state index contributed by atoms with van der Waals surface area (Å²) in [5.41, 5.74) is -5.43. The minimum absolute atomic E-state index is 0.0775. The van der Waals surface area contributed by atoms with Crippen LogP contribution in [-0.4, -0.2) is 38.4 Å². The number of Topliss-reactive ketones (excluding diaryl/α,β-unsaturated/α-hetero) is 1. The highest BCUT2D eigenvalue weighted by atomic mass is 16.7. The molecule has 1 heterocycles. The van der Waals surface area contributed by atoms with E-state index in [0.29, 0.717) is 32.1 Å². The second-order valence-corrected chi connectivity index (χ2v) is 13.0. The molecule has 4 aliphatic rings. The molecule has 35 heavy (non-hydrogen) atoms. The Hall–Kier alpha value is -2.88. The quantitative estimate of drug-likeness (QED) is 0.253. The van der Waals surface area contributed by atoms with E-state index in [0.717, 1.165) is 24.6 Å². The van der Waals surface area contributed by atoms with Crippen LogP contribution in [0, 0.1) is 36.5 Å². The van der Waals surface area contributed by atoms with Crippen molar-refractivity contribution in [1.29, 1.82) is 0 Å². The minimum Gasteiger partial charge on any atom is -0.452 e. The first kappa shape index (κ1) is 23.8. The number of esters is 1. The smallest absolute Gasteiger partial charge is 0.339 e. The van der Waals surface area contributed by atoms with Crippen LogP contribution in [-0.2, 0) is 14.3 Å². The zero-order chi connectivity index (χ0) is 25.8. The fraction of sp³-hybridized carbons (Fsp3) is 0.680. The van der Waals surface area contributed by atoms with Gasteiger partial charge >= 0.3 is 5.97 Å². The third-order valence-corrected chi connectivity index (χ3v) is 8.33. The standard InChI is InChI=1S/C25H30N2O8/c1-20(2)9-18(28)25-23(12-21(3,4)10-22(5,13-23)14-24(25,11-20)35-25)34-19(29)15-6-16(26(30)31)8-17(7-15)27(32)33/h6-8H,9-14H2,1-5H3/t22-,23-,24+,25-/m0/s1. The van der Waals surface area contributed by atoms with E-state index in [1.807, 2.05) is 13.8 Å². The number of benzene rings is 1. The number of fused-ring (bicyclic) bond motifs is 2. The number of rotatable bonds is 4. The van der Waals surface area contributed by atoms with E-state index < -0.39 is 44.0 Å². The Morgan fingerprint density at radius 3 is 2.06 bits per heavy atom. The third-order valence-electron chi connectivity index (χ3n) is 8.33. The molecule has 0 amide bonds. The Kier molecular flexibility index (Phi) is 4.54. The number of epoxide rings is 1. The fourth-order valence-corrected chi connectivity index (χ4v) is 8.29. The lowest BCUT2D eigenvalue weighted by Crippen LogP contribution is -2.69. The van der Waals surface area contributed by atoms with Crippen molar-refractivity contribution in [2.24, 2.45) is 16.2 Å². The number of nitro groups is 2. The highest BCUT2D eigenvalue weighted by molar-refractivity contribution is 5.97. The van der Waals surface area contributed by atoms with Crippen molar-refractivity contribution >= 4 is 23.1 Å². The van der Waals surface area contributed by atoms with Crippen molar-refractivity contribution in [2.45, 2.75) is 89.9 Å². The SMILES string of the molecule is CC1(C)C[C@@]2(C)C[C@@](OC(=O)c3cc([N+](=O)[O-])cc([N+](=O)[O-])c3)(C1)[C@]13O[C@]1(CC(C)(C)CC3=O)C2. The maximum absolute atomic E-state index is 13.7. The molecule has 0 N–H and O–H groups in total. The first-order chi connectivity index (χ1) is 16.0. The van der Waals surface area contributed by atoms with Crippen LogP contribution in [0.4, 0.5) is 11.4 Å². The van der Waals surface area contributed by atoms with Gasteiger partial charge in [0.15, 0.2) is 17.0 Å². The van der Waals surface area contributed by atoms with Crippen molar-refractivity contribution in [3.05, 3.63) is 44.0 Å². The second-order valence-electron chi connectivity index (χ2n) is 13.0.